The van der Waals surface area contributed by atoms with Crippen LogP contribution in [0, 0.1) is 13.8 Å². The summed E-state index contributed by atoms with van der Waals surface area (Å²) in [5.41, 5.74) is -0.818. The van der Waals surface area contributed by atoms with Crippen LogP contribution in [-0.4, -0.2) is 10.7 Å². The standard InChI is InChI=1S/C12H16F2O.C2H6/c1-8-6-5-7-10(9(8)2)12(13,14)11(3,4)15;1-2/h5-7,15H,1-4H3;1-2H3. The second-order valence-electron chi connectivity index (χ2n) is 4.38. The average molecular weight is 244 g/mol. The first kappa shape index (κ1) is 16.0. The Labute approximate surface area is 102 Å². The minimum Gasteiger partial charge on any atom is -0.384 e. The molecule has 17 heavy (non-hydrogen) atoms. The van der Waals surface area contributed by atoms with Crippen LogP contribution in [0.1, 0.15) is 44.4 Å². The number of benzene rings is 1. The molecule has 0 heterocycles. The fourth-order valence-corrected chi connectivity index (χ4v) is 1.42. The summed E-state index contributed by atoms with van der Waals surface area (Å²) in [6.45, 7) is 9.66. The van der Waals surface area contributed by atoms with Gasteiger partial charge in [-0.15, -0.1) is 0 Å². The van der Waals surface area contributed by atoms with Crippen molar-refractivity contribution in [2.24, 2.45) is 0 Å². The minimum absolute atomic E-state index is 0.102. The highest BCUT2D eigenvalue weighted by atomic mass is 19.3. The van der Waals surface area contributed by atoms with Crippen molar-refractivity contribution in [1.29, 1.82) is 0 Å². The topological polar surface area (TPSA) is 20.2 Å². The van der Waals surface area contributed by atoms with E-state index >= 15 is 0 Å². The largest absolute Gasteiger partial charge is 0.384 e. The zero-order chi connectivity index (χ0) is 13.9. The summed E-state index contributed by atoms with van der Waals surface area (Å²) in [6.07, 6.45) is 0. The van der Waals surface area contributed by atoms with Crippen LogP contribution < -0.4 is 0 Å². The van der Waals surface area contributed by atoms with E-state index in [4.69, 9.17) is 0 Å². The Morgan fingerprint density at radius 2 is 1.53 bits per heavy atom. The number of hydrogen-bond donors (Lipinski definition) is 1. The molecule has 0 aliphatic carbocycles. The molecule has 98 valence electrons. The molecule has 0 spiro atoms. The van der Waals surface area contributed by atoms with Gasteiger partial charge in [-0.3, -0.25) is 0 Å². The molecule has 0 fully saturated rings. The number of alkyl halides is 2. The first-order valence-electron chi connectivity index (χ1n) is 5.85. The fourth-order valence-electron chi connectivity index (χ4n) is 1.42. The normalized spacial score (nSPS) is 11.8. The van der Waals surface area contributed by atoms with Crippen LogP contribution >= 0.6 is 0 Å². The molecular formula is C14H22F2O. The average Bonchev–Trinajstić information content (AvgIpc) is 2.23. The highest BCUT2D eigenvalue weighted by Crippen LogP contribution is 2.40. The van der Waals surface area contributed by atoms with Gasteiger partial charge in [0, 0.05) is 5.56 Å². The molecule has 0 saturated carbocycles. The molecule has 1 aromatic rings. The number of rotatable bonds is 2. The molecule has 0 aliphatic rings. The summed E-state index contributed by atoms with van der Waals surface area (Å²) >= 11 is 0. The van der Waals surface area contributed by atoms with E-state index in [1.165, 1.54) is 6.07 Å². The van der Waals surface area contributed by atoms with E-state index in [1.807, 2.05) is 13.8 Å². The lowest BCUT2D eigenvalue weighted by atomic mass is 9.89. The Kier molecular flexibility index (Phi) is 5.27. The maximum absolute atomic E-state index is 13.9. The zero-order valence-electron chi connectivity index (χ0n) is 11.4. The van der Waals surface area contributed by atoms with Crippen molar-refractivity contribution in [3.8, 4) is 0 Å². The quantitative estimate of drug-likeness (QED) is 0.827. The van der Waals surface area contributed by atoms with E-state index in [1.54, 1.807) is 26.0 Å². The lowest BCUT2D eigenvalue weighted by Gasteiger charge is -2.30. The summed E-state index contributed by atoms with van der Waals surface area (Å²) in [5, 5.41) is 9.46. The van der Waals surface area contributed by atoms with Crippen molar-refractivity contribution in [2.75, 3.05) is 0 Å². The van der Waals surface area contributed by atoms with Crippen LogP contribution in [0.2, 0.25) is 0 Å². The third kappa shape index (κ3) is 3.25. The lowest BCUT2D eigenvalue weighted by molar-refractivity contribution is -0.168. The van der Waals surface area contributed by atoms with E-state index in [9.17, 15) is 13.9 Å². The van der Waals surface area contributed by atoms with Crippen molar-refractivity contribution >= 4 is 0 Å². The summed E-state index contributed by atoms with van der Waals surface area (Å²) in [7, 11) is 0. The smallest absolute Gasteiger partial charge is 0.300 e. The Morgan fingerprint density at radius 3 is 1.94 bits per heavy atom. The Morgan fingerprint density at radius 1 is 1.06 bits per heavy atom. The van der Waals surface area contributed by atoms with Crippen LogP contribution in [0.3, 0.4) is 0 Å². The molecule has 0 atom stereocenters. The van der Waals surface area contributed by atoms with E-state index < -0.39 is 11.5 Å². The van der Waals surface area contributed by atoms with Crippen molar-refractivity contribution in [3.05, 3.63) is 34.9 Å². The Bertz CT molecular complexity index is 365. The maximum Gasteiger partial charge on any atom is 0.300 e. The van der Waals surface area contributed by atoms with Gasteiger partial charge >= 0.3 is 5.92 Å². The number of hydrogen-bond acceptors (Lipinski definition) is 1. The van der Waals surface area contributed by atoms with Gasteiger partial charge in [0.25, 0.3) is 0 Å². The molecular weight excluding hydrogens is 222 g/mol. The number of halogens is 2. The van der Waals surface area contributed by atoms with Crippen LogP contribution in [-0.2, 0) is 5.92 Å². The van der Waals surface area contributed by atoms with Gasteiger partial charge in [0.2, 0.25) is 0 Å². The predicted octanol–water partition coefficient (Wildman–Crippen LogP) is 4.19. The molecule has 0 amide bonds. The maximum atomic E-state index is 13.9. The van der Waals surface area contributed by atoms with Gasteiger partial charge in [0.15, 0.2) is 0 Å². The van der Waals surface area contributed by atoms with E-state index in [0.717, 1.165) is 19.4 Å². The fraction of sp³-hybridized carbons (Fsp3) is 0.571. The summed E-state index contributed by atoms with van der Waals surface area (Å²) in [5.74, 6) is -3.23. The third-order valence-electron chi connectivity index (χ3n) is 2.71. The van der Waals surface area contributed by atoms with Gasteiger partial charge in [-0.2, -0.15) is 8.78 Å². The second-order valence-corrected chi connectivity index (χ2v) is 4.38. The molecule has 0 unspecified atom stereocenters. The lowest BCUT2D eigenvalue weighted by Crippen LogP contribution is -2.40. The predicted molar refractivity (Wildman–Crippen MR) is 67.5 cm³/mol. The van der Waals surface area contributed by atoms with E-state index in [2.05, 4.69) is 0 Å². The first-order valence-corrected chi connectivity index (χ1v) is 5.85. The number of aryl methyl sites for hydroxylation is 1. The van der Waals surface area contributed by atoms with Crippen LogP contribution in [0.5, 0.6) is 0 Å². The number of aliphatic hydroxyl groups is 1. The summed E-state index contributed by atoms with van der Waals surface area (Å²) < 4.78 is 27.7. The zero-order valence-corrected chi connectivity index (χ0v) is 11.4. The third-order valence-corrected chi connectivity index (χ3v) is 2.71. The monoisotopic (exact) mass is 244 g/mol. The van der Waals surface area contributed by atoms with Crippen LogP contribution in [0.15, 0.2) is 18.2 Å². The summed E-state index contributed by atoms with van der Waals surface area (Å²) in [4.78, 5) is 0. The molecule has 1 aromatic carbocycles. The van der Waals surface area contributed by atoms with E-state index in [-0.39, 0.29) is 5.56 Å². The second kappa shape index (κ2) is 5.58. The van der Waals surface area contributed by atoms with Crippen LogP contribution in [0.4, 0.5) is 8.78 Å². The summed E-state index contributed by atoms with van der Waals surface area (Å²) in [6, 6.07) is 4.72. The van der Waals surface area contributed by atoms with E-state index in [0.29, 0.717) is 5.56 Å². The van der Waals surface area contributed by atoms with Crippen molar-refractivity contribution in [2.45, 2.75) is 53.1 Å². The van der Waals surface area contributed by atoms with Crippen molar-refractivity contribution in [3.63, 3.8) is 0 Å². The SMILES string of the molecule is CC.Cc1cccc(C(F)(F)C(C)(C)O)c1C. The highest BCUT2D eigenvalue weighted by Gasteiger charge is 2.47. The van der Waals surface area contributed by atoms with Gasteiger partial charge in [-0.25, -0.2) is 0 Å². The molecule has 0 aromatic heterocycles. The molecule has 1 nitrogen and oxygen atoms in total. The molecule has 1 N–H and O–H groups in total. The minimum atomic E-state index is -3.23. The molecule has 0 saturated heterocycles. The molecule has 0 bridgehead atoms. The Hall–Kier alpha value is -0.960. The highest BCUT2D eigenvalue weighted by molar-refractivity contribution is 5.37. The molecule has 3 heteroatoms. The Balaban J connectivity index is 0.00000121. The molecule has 1 rings (SSSR count). The van der Waals surface area contributed by atoms with Crippen molar-refractivity contribution in [1.82, 2.24) is 0 Å². The molecule has 0 aliphatic heterocycles. The van der Waals surface area contributed by atoms with Gasteiger partial charge < -0.3 is 5.11 Å². The van der Waals surface area contributed by atoms with Crippen molar-refractivity contribution < 1.29 is 13.9 Å². The molecule has 0 radical (unpaired) electrons. The first-order chi connectivity index (χ1) is 7.68. The van der Waals surface area contributed by atoms with Gasteiger partial charge in [-0.05, 0) is 38.8 Å². The van der Waals surface area contributed by atoms with Gasteiger partial charge in [0.05, 0.1) is 0 Å². The van der Waals surface area contributed by atoms with Gasteiger partial charge in [0.1, 0.15) is 5.60 Å². The van der Waals surface area contributed by atoms with Crippen LogP contribution in [0.25, 0.3) is 0 Å². The van der Waals surface area contributed by atoms with Gasteiger partial charge in [-0.1, -0.05) is 32.0 Å².